The van der Waals surface area contributed by atoms with Crippen LogP contribution in [0.3, 0.4) is 0 Å². The van der Waals surface area contributed by atoms with Gasteiger partial charge in [0.1, 0.15) is 33.4 Å². The third-order valence-electron chi connectivity index (χ3n) is 18.7. The van der Waals surface area contributed by atoms with Crippen molar-refractivity contribution in [1.82, 2.24) is 44.7 Å². The van der Waals surface area contributed by atoms with E-state index < -0.39 is 11.2 Å². The lowest BCUT2D eigenvalue weighted by atomic mass is 9.77. The van der Waals surface area contributed by atoms with E-state index in [0.29, 0.717) is 71.1 Å². The molecule has 8 N–H and O–H groups in total. The predicted octanol–water partition coefficient (Wildman–Crippen LogP) is 21.3. The van der Waals surface area contributed by atoms with Gasteiger partial charge in [0.2, 0.25) is 30.4 Å². The number of nitrogen functional groups attached to an aromatic ring is 2. The Labute approximate surface area is 687 Å². The van der Waals surface area contributed by atoms with Gasteiger partial charge in [-0.15, -0.1) is 20.4 Å². The van der Waals surface area contributed by atoms with Crippen molar-refractivity contribution in [1.29, 1.82) is 5.26 Å². The lowest BCUT2D eigenvalue weighted by molar-refractivity contribution is -0.155. The highest BCUT2D eigenvalue weighted by molar-refractivity contribution is 7.20. The molecule has 3 aromatic carbocycles. The number of halogens is 6. The maximum atomic E-state index is 12.3. The van der Waals surface area contributed by atoms with Crippen LogP contribution in [-0.2, 0) is 14.3 Å². The largest absolute Gasteiger partial charge is 0.495 e. The molecule has 0 spiro atoms. The number of nitrogens with one attached hydrogen (secondary N) is 2. The van der Waals surface area contributed by atoms with Crippen LogP contribution in [0.15, 0.2) is 54.6 Å². The third kappa shape index (κ3) is 26.5. The molecule has 0 bridgehead atoms. The van der Waals surface area contributed by atoms with Crippen LogP contribution in [0.4, 0.5) is 37.0 Å². The molecule has 8 aromatic rings. The SMILES string of the molecule is CC(C)(C)CC(C)(C)C#N.CC(C)(C)CC(C)(C)Nc1c(-c2cccc(Cl)c2Cl)nc2sc(N3CCC(C)(CCC(=O)OC(C)(C)C)CC3)nn12.CC1(CN)CCN(c2nn3c(N)c(-c4cccc(Cl)c4Cl)nc3s2)CC1.CC1(CNC(=O)OC(C)(C)C)CCN(c2nnc(N)s2)CC1.COc1cccc(Cl)c1Cl. The number of hydrogen-bond donors (Lipinski definition) is 5. The Morgan fingerprint density at radius 2 is 1.03 bits per heavy atom. The number of piperidine rings is 3. The quantitative estimate of drug-likeness (QED) is 0.0562. The van der Waals surface area contributed by atoms with Crippen molar-refractivity contribution in [3.05, 3.63) is 84.7 Å². The van der Waals surface area contributed by atoms with E-state index in [4.69, 9.17) is 116 Å². The van der Waals surface area contributed by atoms with Gasteiger partial charge in [-0.3, -0.25) is 4.79 Å². The van der Waals surface area contributed by atoms with Gasteiger partial charge in [0.25, 0.3) is 0 Å². The molecule has 109 heavy (non-hydrogen) atoms. The van der Waals surface area contributed by atoms with Gasteiger partial charge in [-0.05, 0) is 185 Å². The average molecular weight is 1680 g/mol. The summed E-state index contributed by atoms with van der Waals surface area (Å²) in [7, 11) is 1.55. The second-order valence-corrected chi connectivity index (χ2v) is 40.4. The van der Waals surface area contributed by atoms with Crippen LogP contribution in [0.2, 0.25) is 30.1 Å². The van der Waals surface area contributed by atoms with Crippen LogP contribution in [0.1, 0.15) is 196 Å². The lowest BCUT2D eigenvalue weighted by Crippen LogP contribution is -2.45. The number of methoxy groups -OCH3 is 1. The number of nitriles is 1. The number of hydrogen-bond acceptors (Lipinski definition) is 22. The molecule has 1 amide bonds. The zero-order valence-corrected chi connectivity index (χ0v) is 74.0. The monoisotopic (exact) mass is 1670 g/mol. The van der Waals surface area contributed by atoms with Crippen LogP contribution in [-0.4, -0.2) is 128 Å². The number of benzene rings is 3. The molecule has 22 nitrogen and oxygen atoms in total. The summed E-state index contributed by atoms with van der Waals surface area (Å²) in [5.74, 6) is 1.78. The van der Waals surface area contributed by atoms with Crippen molar-refractivity contribution in [2.75, 3.05) is 91.0 Å². The van der Waals surface area contributed by atoms with Gasteiger partial charge in [0, 0.05) is 68.9 Å². The minimum Gasteiger partial charge on any atom is -0.495 e. The minimum absolute atomic E-state index is 0.0731. The van der Waals surface area contributed by atoms with Crippen LogP contribution in [0.25, 0.3) is 32.4 Å². The summed E-state index contributed by atoms with van der Waals surface area (Å²) < 4.78 is 19.3. The Morgan fingerprint density at radius 3 is 1.47 bits per heavy atom. The standard InChI is InChI=1S/C31H45Cl2N5O2S.C17H20Cl2N6S.C14H25N5O2S.C9H17N.C7H6Cl2O/c1-28(2,3)19-30(7,8)35-25-24(20-11-10-12-21(32)23(20)33)34-26-38(25)36-27(41-26)37-17-15-31(9,16-18-37)14-13-22(39)40-29(4,5)6;1-17(9-20)5-7-24(8-6-17)16-23-25-14(21)13(22-15(25)26-16)10-3-2-4-11(18)12(10)19;1-13(2,3)21-12(20)16-9-14(4)5-7-19(8-6-14)11-18-17-10(15)22-11;1-8(2,3)6-9(4,5)7-10;1-10-6-4-2-3-5(8)7(6)9/h10-12,35H,13-19H2,1-9H3;2-4H,5-9,20-21H2,1H3;5-9H2,1-4H3,(H2,15,17)(H,16,20);6H2,1-5H3;2-4H,1H3. The van der Waals surface area contributed by atoms with Crippen molar-refractivity contribution < 1.29 is 23.8 Å². The first kappa shape index (κ1) is 90.1. The molecule has 0 unspecified atom stereocenters. The maximum absolute atomic E-state index is 12.3. The van der Waals surface area contributed by atoms with Gasteiger partial charge in [0.15, 0.2) is 11.6 Å². The summed E-state index contributed by atoms with van der Waals surface area (Å²) in [6.45, 7) is 46.4. The lowest BCUT2D eigenvalue weighted by Gasteiger charge is -2.39. The number of aromatic nitrogens is 8. The van der Waals surface area contributed by atoms with E-state index in [-0.39, 0.29) is 50.1 Å². The molecule has 3 aliphatic rings. The van der Waals surface area contributed by atoms with Crippen molar-refractivity contribution in [3.63, 3.8) is 0 Å². The highest BCUT2D eigenvalue weighted by Crippen LogP contribution is 2.45. The molecule has 0 saturated carbocycles. The number of imidazole rings is 2. The van der Waals surface area contributed by atoms with Gasteiger partial charge >= 0.3 is 12.1 Å². The molecule has 600 valence electrons. The van der Waals surface area contributed by atoms with E-state index in [1.165, 1.54) is 22.7 Å². The number of carbonyl (C=O) groups is 2. The summed E-state index contributed by atoms with van der Waals surface area (Å²) in [6.07, 6.45) is 8.88. The smallest absolute Gasteiger partial charge is 0.407 e. The van der Waals surface area contributed by atoms with Gasteiger partial charge in [-0.25, -0.2) is 14.8 Å². The molecular weight excluding hydrogens is 1560 g/mol. The van der Waals surface area contributed by atoms with Crippen LogP contribution >= 0.6 is 104 Å². The first-order valence-corrected chi connectivity index (χ1v) is 41.5. The molecule has 31 heteroatoms. The van der Waals surface area contributed by atoms with Crippen LogP contribution in [0.5, 0.6) is 5.75 Å². The minimum atomic E-state index is -0.466. The summed E-state index contributed by atoms with van der Waals surface area (Å²) >= 11 is 41.4. The number of amides is 1. The van der Waals surface area contributed by atoms with Crippen LogP contribution in [0, 0.1) is 43.8 Å². The number of nitrogens with two attached hydrogens (primary N) is 3. The molecule has 5 aromatic heterocycles. The molecule has 3 saturated heterocycles. The summed E-state index contributed by atoms with van der Waals surface area (Å²) in [4.78, 5) is 42.1. The molecule has 11 rings (SSSR count). The third-order valence-corrected chi connectivity index (χ3v) is 23.9. The van der Waals surface area contributed by atoms with Crippen molar-refractivity contribution in [3.8, 4) is 34.3 Å². The number of alkyl carbamates (subject to hydrolysis) is 1. The molecule has 0 aliphatic carbocycles. The fourth-order valence-corrected chi connectivity index (χ4v) is 17.1. The van der Waals surface area contributed by atoms with Crippen molar-refractivity contribution in [2.24, 2.45) is 38.2 Å². The van der Waals surface area contributed by atoms with Gasteiger partial charge in [-0.1, -0.05) is 196 Å². The van der Waals surface area contributed by atoms with E-state index in [1.54, 1.807) is 53.3 Å². The van der Waals surface area contributed by atoms with Gasteiger partial charge < -0.3 is 56.7 Å². The van der Waals surface area contributed by atoms with E-state index in [2.05, 4.69) is 128 Å². The Bertz CT molecular complexity index is 4400. The van der Waals surface area contributed by atoms with Gasteiger partial charge in [-0.2, -0.15) is 14.3 Å². The first-order chi connectivity index (χ1) is 50.5. The molecule has 0 radical (unpaired) electrons. The highest BCUT2D eigenvalue weighted by atomic mass is 35.5. The number of carbonyl (C=O) groups excluding carboxylic acids is 2. The summed E-state index contributed by atoms with van der Waals surface area (Å²) in [5.41, 5.74) is 20.2. The van der Waals surface area contributed by atoms with Crippen molar-refractivity contribution in [2.45, 2.75) is 213 Å². The number of anilines is 6. The number of fused-ring (bicyclic) bond motifs is 2. The normalized spacial score (nSPS) is 15.9. The number of ether oxygens (including phenoxy) is 3. The van der Waals surface area contributed by atoms with E-state index in [1.807, 2.05) is 84.2 Å². The van der Waals surface area contributed by atoms with Crippen LogP contribution < -0.4 is 47.3 Å². The molecule has 3 fully saturated rings. The van der Waals surface area contributed by atoms with E-state index in [9.17, 15) is 9.59 Å². The van der Waals surface area contributed by atoms with Gasteiger partial charge in [0.05, 0.1) is 43.7 Å². The Morgan fingerprint density at radius 1 is 0.578 bits per heavy atom. The molecule has 3 aliphatic heterocycles. The zero-order chi connectivity index (χ0) is 81.2. The first-order valence-electron chi connectivity index (χ1n) is 36.8. The molecule has 8 heterocycles. The average Bonchev–Trinajstić information content (AvgIpc) is 1.61. The molecule has 0 atom stereocenters. The summed E-state index contributed by atoms with van der Waals surface area (Å²) in [6, 6.07) is 18.6. The van der Waals surface area contributed by atoms with E-state index >= 15 is 0 Å². The fourth-order valence-electron chi connectivity index (χ4n) is 13.4. The Hall–Kier alpha value is -6.05. The topological polar surface area (TPSA) is 284 Å². The number of esters is 1. The number of nitrogens with zero attached hydrogens (tertiary/aromatic N) is 12. The second-order valence-electron chi connectivity index (χ2n) is 35.2. The predicted molar refractivity (Wildman–Crippen MR) is 457 cm³/mol. The van der Waals surface area contributed by atoms with Crippen molar-refractivity contribution >= 4 is 158 Å². The molecular formula is C78H113Cl6N17O5S3. The summed E-state index contributed by atoms with van der Waals surface area (Å²) in [5, 5.41) is 39.2. The maximum Gasteiger partial charge on any atom is 0.407 e. The number of rotatable bonds is 16. The second kappa shape index (κ2) is 36.8. The zero-order valence-electron chi connectivity index (χ0n) is 67.1. The highest BCUT2D eigenvalue weighted by Gasteiger charge is 2.37. The van der Waals surface area contributed by atoms with E-state index in [0.717, 1.165) is 146 Å². The Balaban J connectivity index is 0.000000209. The fraction of sp³-hybridized carbons (Fsp3) is 0.603. The Kier molecular flexibility index (Phi) is 30.5.